The van der Waals surface area contributed by atoms with Crippen LogP contribution in [-0.2, 0) is 0 Å². The molecule has 0 atom stereocenters. The Kier molecular flexibility index (Phi) is 7.57. The Balaban J connectivity index is 2.12. The van der Waals surface area contributed by atoms with E-state index in [2.05, 4.69) is 0 Å². The van der Waals surface area contributed by atoms with Gasteiger partial charge in [-0.1, -0.05) is 29.3 Å². The van der Waals surface area contributed by atoms with Crippen LogP contribution in [0, 0.1) is 5.82 Å². The van der Waals surface area contributed by atoms with Crippen LogP contribution < -0.4 is 10.6 Å². The van der Waals surface area contributed by atoms with Gasteiger partial charge in [0.25, 0.3) is 5.91 Å². The molecule has 0 unspecified atom stereocenters. The summed E-state index contributed by atoms with van der Waals surface area (Å²) >= 11 is 10.3. The number of carbonyl (C=O) groups is 2. The number of benzene rings is 2. The molecule has 174 valence electrons. The van der Waals surface area contributed by atoms with Crippen molar-refractivity contribution in [1.29, 1.82) is 0 Å². The highest BCUT2D eigenvalue weighted by Crippen LogP contribution is 2.54. The van der Waals surface area contributed by atoms with Crippen LogP contribution in [0.5, 0.6) is 0 Å². The Morgan fingerprint density at radius 2 is 1.53 bits per heavy atom. The summed E-state index contributed by atoms with van der Waals surface area (Å²) in [7, 11) is 0. The molecule has 4 nitrogen and oxygen atoms in total. The molecule has 32 heavy (non-hydrogen) atoms. The predicted octanol–water partition coefficient (Wildman–Crippen LogP) is 6.98. The van der Waals surface area contributed by atoms with Crippen molar-refractivity contribution in [2.24, 2.45) is 0 Å². The Morgan fingerprint density at radius 1 is 0.906 bits per heavy atom. The Hall–Kier alpha value is -2.25. The molecule has 0 aliphatic heterocycles. The molecule has 0 radical (unpaired) electrons. The zero-order valence-electron chi connectivity index (χ0n) is 15.0. The standard InChI is InChI=1S/C17H8Cl2F8N2O2S/c18-8-2-1-3-10(20)12(8)13(30)29-14(31)28-11-5-4-7(6-9(11)19)32-17(26,27)15(21,22)16(23,24)25/h1-6H,(H2,28,29,30,31). The van der Waals surface area contributed by atoms with Crippen LogP contribution >= 0.6 is 35.0 Å². The average Bonchev–Trinajstić information content (AvgIpc) is 2.62. The zero-order valence-corrected chi connectivity index (χ0v) is 17.3. The molecule has 0 saturated carbocycles. The van der Waals surface area contributed by atoms with E-state index in [0.29, 0.717) is 12.1 Å². The highest BCUT2D eigenvalue weighted by Gasteiger charge is 2.73. The molecule has 0 fully saturated rings. The van der Waals surface area contributed by atoms with Crippen molar-refractivity contribution in [1.82, 2.24) is 5.32 Å². The van der Waals surface area contributed by atoms with Crippen molar-refractivity contribution in [3.8, 4) is 0 Å². The van der Waals surface area contributed by atoms with E-state index in [9.17, 15) is 44.7 Å². The fourth-order valence-corrected chi connectivity index (χ4v) is 3.47. The van der Waals surface area contributed by atoms with E-state index >= 15 is 0 Å². The van der Waals surface area contributed by atoms with Crippen molar-refractivity contribution in [3.63, 3.8) is 0 Å². The Morgan fingerprint density at radius 3 is 2.06 bits per heavy atom. The minimum atomic E-state index is -6.50. The van der Waals surface area contributed by atoms with Gasteiger partial charge in [0.15, 0.2) is 0 Å². The summed E-state index contributed by atoms with van der Waals surface area (Å²) in [5, 5.41) is -2.67. The minimum absolute atomic E-state index is 0.300. The SMILES string of the molecule is O=C(NC(=O)c1c(F)cccc1Cl)Nc1ccc(SC(F)(F)C(F)(F)C(F)(F)F)cc1Cl. The number of amides is 3. The second kappa shape index (κ2) is 9.32. The van der Waals surface area contributed by atoms with E-state index in [-0.39, 0.29) is 10.7 Å². The molecule has 0 bridgehead atoms. The second-order valence-corrected chi connectivity index (χ2v) is 7.84. The van der Waals surface area contributed by atoms with E-state index in [4.69, 9.17) is 23.2 Å². The van der Waals surface area contributed by atoms with Gasteiger partial charge in [0.05, 0.1) is 21.3 Å². The van der Waals surface area contributed by atoms with Gasteiger partial charge in [-0.3, -0.25) is 10.1 Å². The lowest BCUT2D eigenvalue weighted by Crippen LogP contribution is -2.49. The van der Waals surface area contributed by atoms with Crippen molar-refractivity contribution < 1.29 is 44.7 Å². The lowest BCUT2D eigenvalue weighted by molar-refractivity contribution is -0.330. The third-order valence-corrected chi connectivity index (χ3v) is 5.20. The fraction of sp³-hybridized carbons (Fsp3) is 0.176. The first-order valence-electron chi connectivity index (χ1n) is 7.94. The van der Waals surface area contributed by atoms with Crippen LogP contribution in [0.4, 0.5) is 45.6 Å². The number of rotatable bonds is 5. The fourth-order valence-electron chi connectivity index (χ4n) is 2.07. The van der Waals surface area contributed by atoms with Gasteiger partial charge in [-0.25, -0.2) is 9.18 Å². The molecule has 0 aliphatic rings. The molecule has 15 heteroatoms. The lowest BCUT2D eigenvalue weighted by atomic mass is 10.2. The summed E-state index contributed by atoms with van der Waals surface area (Å²) in [4.78, 5) is 23.1. The third-order valence-electron chi connectivity index (χ3n) is 3.57. The zero-order chi connectivity index (χ0) is 24.5. The molecule has 2 N–H and O–H groups in total. The summed E-state index contributed by atoms with van der Waals surface area (Å²) in [6.45, 7) is 0. The monoisotopic (exact) mass is 526 g/mol. The van der Waals surface area contributed by atoms with E-state index in [1.165, 1.54) is 12.1 Å². The number of carbonyl (C=O) groups excluding carboxylic acids is 2. The number of nitrogens with one attached hydrogen (secondary N) is 2. The number of hydrogen-bond donors (Lipinski definition) is 2. The third kappa shape index (κ3) is 5.56. The molecule has 2 rings (SSSR count). The molecule has 0 heterocycles. The maximum Gasteiger partial charge on any atom is 0.460 e. The van der Waals surface area contributed by atoms with Crippen LogP contribution in [0.2, 0.25) is 10.0 Å². The van der Waals surface area contributed by atoms with Gasteiger partial charge in [0.2, 0.25) is 0 Å². The number of halogens is 10. The Labute approximate surface area is 188 Å². The van der Waals surface area contributed by atoms with Gasteiger partial charge < -0.3 is 5.32 Å². The number of alkyl halides is 7. The molecule has 0 aromatic heterocycles. The van der Waals surface area contributed by atoms with Gasteiger partial charge in [0.1, 0.15) is 5.82 Å². The molecule has 2 aromatic rings. The number of hydrogen-bond acceptors (Lipinski definition) is 3. The maximum atomic E-state index is 13.7. The summed E-state index contributed by atoms with van der Waals surface area (Å²) in [6, 6.07) is 4.13. The molecule has 0 spiro atoms. The summed E-state index contributed by atoms with van der Waals surface area (Å²) < 4.78 is 103. The topological polar surface area (TPSA) is 58.2 Å². The van der Waals surface area contributed by atoms with E-state index in [1.54, 1.807) is 5.32 Å². The maximum absolute atomic E-state index is 13.7. The van der Waals surface area contributed by atoms with E-state index < -0.39 is 62.4 Å². The van der Waals surface area contributed by atoms with Crippen LogP contribution in [0.25, 0.3) is 0 Å². The van der Waals surface area contributed by atoms with Crippen molar-refractivity contribution in [2.45, 2.75) is 22.2 Å². The minimum Gasteiger partial charge on any atom is -0.306 e. The first-order valence-corrected chi connectivity index (χ1v) is 9.51. The molecular weight excluding hydrogens is 519 g/mol. The molecule has 3 amide bonds. The van der Waals surface area contributed by atoms with Crippen molar-refractivity contribution >= 4 is 52.6 Å². The van der Waals surface area contributed by atoms with Gasteiger partial charge in [-0.15, -0.1) is 0 Å². The normalized spacial score (nSPS) is 12.4. The van der Waals surface area contributed by atoms with Crippen LogP contribution in [0.1, 0.15) is 10.4 Å². The van der Waals surface area contributed by atoms with Crippen LogP contribution in [0.3, 0.4) is 0 Å². The molecule has 2 aromatic carbocycles. The van der Waals surface area contributed by atoms with Crippen LogP contribution in [-0.4, -0.2) is 29.3 Å². The van der Waals surface area contributed by atoms with Gasteiger partial charge in [0, 0.05) is 4.90 Å². The quantitative estimate of drug-likeness (QED) is 0.326. The summed E-state index contributed by atoms with van der Waals surface area (Å²) in [5.41, 5.74) is -0.971. The largest absolute Gasteiger partial charge is 0.460 e. The van der Waals surface area contributed by atoms with Crippen LogP contribution in [0.15, 0.2) is 41.3 Å². The van der Waals surface area contributed by atoms with E-state index in [1.807, 2.05) is 5.32 Å². The molecule has 0 aliphatic carbocycles. The first kappa shape index (κ1) is 26.0. The average molecular weight is 527 g/mol. The summed E-state index contributed by atoms with van der Waals surface area (Å²) in [6.07, 6.45) is -6.50. The Bertz CT molecular complexity index is 1030. The van der Waals surface area contributed by atoms with E-state index in [0.717, 1.165) is 12.1 Å². The number of imide groups is 1. The molecule has 0 saturated heterocycles. The highest BCUT2D eigenvalue weighted by atomic mass is 35.5. The predicted molar refractivity (Wildman–Crippen MR) is 101 cm³/mol. The lowest BCUT2D eigenvalue weighted by Gasteiger charge is -2.27. The number of thioether (sulfide) groups is 1. The van der Waals surface area contributed by atoms with Crippen molar-refractivity contribution in [3.05, 3.63) is 57.8 Å². The van der Waals surface area contributed by atoms with Gasteiger partial charge in [-0.2, -0.15) is 30.7 Å². The second-order valence-electron chi connectivity index (χ2n) is 5.84. The highest BCUT2D eigenvalue weighted by molar-refractivity contribution is 8.00. The summed E-state index contributed by atoms with van der Waals surface area (Å²) in [5.74, 6) is -8.59. The first-order chi connectivity index (χ1) is 14.6. The number of anilines is 1. The van der Waals surface area contributed by atoms with Crippen molar-refractivity contribution in [2.75, 3.05) is 5.32 Å². The molecular formula is C17H8Cl2F8N2O2S. The van der Waals surface area contributed by atoms with Gasteiger partial charge >= 0.3 is 23.4 Å². The smallest absolute Gasteiger partial charge is 0.306 e. The number of urea groups is 1. The van der Waals surface area contributed by atoms with Gasteiger partial charge in [-0.05, 0) is 42.1 Å².